The third kappa shape index (κ3) is 7.27. The molecular formula is C27H47NO5SSi3. The molecule has 0 spiro atoms. The zero-order valence-electron chi connectivity index (χ0n) is 24.4. The van der Waals surface area contributed by atoms with Gasteiger partial charge in [0.05, 0.1) is 4.90 Å². The van der Waals surface area contributed by atoms with Gasteiger partial charge in [-0.3, -0.25) is 4.79 Å². The predicted molar refractivity (Wildman–Crippen MR) is 159 cm³/mol. The highest BCUT2D eigenvalue weighted by atomic mass is 32.2. The first kappa shape index (κ1) is 30.8. The van der Waals surface area contributed by atoms with Gasteiger partial charge in [-0.25, -0.2) is 4.21 Å². The molecule has 208 valence electrons. The van der Waals surface area contributed by atoms with E-state index in [9.17, 15) is 9.00 Å². The first-order valence-corrected chi connectivity index (χ1v) is 23.9. The van der Waals surface area contributed by atoms with Crippen molar-refractivity contribution in [3.05, 3.63) is 35.4 Å². The highest BCUT2D eigenvalue weighted by Crippen LogP contribution is 2.65. The van der Waals surface area contributed by atoms with Crippen LogP contribution in [0.15, 0.2) is 34.7 Å². The molecule has 1 aromatic carbocycles. The second-order valence-corrected chi connectivity index (χ2v) is 27.5. The van der Waals surface area contributed by atoms with Crippen molar-refractivity contribution in [3.8, 4) is 0 Å². The molecule has 2 aliphatic carbocycles. The van der Waals surface area contributed by atoms with E-state index in [4.69, 9.17) is 12.5 Å². The van der Waals surface area contributed by atoms with Crippen LogP contribution in [0.25, 0.3) is 6.08 Å². The normalized spacial score (nSPS) is 25.7. The zero-order valence-corrected chi connectivity index (χ0v) is 28.3. The standard InChI is InChI=1S/C27H47NO5SSi3/c1-26(2)24-16-17-27(26,3)25(29)23(24)20-21-12-14-22(15-13-21)34(30)31-28-18-11-19-37(10,32-35(4,5)6)33-36(7,8)9/h12-15,20,24,28H,11,16-19H2,1-10H3/b23-20+. The van der Waals surface area contributed by atoms with E-state index in [-0.39, 0.29) is 10.8 Å². The van der Waals surface area contributed by atoms with E-state index >= 15 is 0 Å². The van der Waals surface area contributed by atoms with Crippen LogP contribution in [0.5, 0.6) is 0 Å². The Labute approximate surface area is 230 Å². The van der Waals surface area contributed by atoms with Crippen LogP contribution in [0, 0.1) is 16.7 Å². The first-order chi connectivity index (χ1) is 16.9. The fourth-order valence-electron chi connectivity index (χ4n) is 5.99. The van der Waals surface area contributed by atoms with Gasteiger partial charge >= 0.3 is 8.56 Å². The lowest BCUT2D eigenvalue weighted by molar-refractivity contribution is -0.125. The summed E-state index contributed by atoms with van der Waals surface area (Å²) in [5.41, 5.74) is 4.51. The summed E-state index contributed by atoms with van der Waals surface area (Å²) in [4.78, 5) is 13.7. The molecular weight excluding hydrogens is 535 g/mol. The molecule has 0 aliphatic heterocycles. The number of hydrogen-bond acceptors (Lipinski definition) is 6. The number of allylic oxidation sites excluding steroid dienone is 1. The summed E-state index contributed by atoms with van der Waals surface area (Å²) >= 11 is -1.62. The van der Waals surface area contributed by atoms with E-state index in [1.54, 1.807) is 0 Å². The molecule has 37 heavy (non-hydrogen) atoms. The summed E-state index contributed by atoms with van der Waals surface area (Å²) in [6, 6.07) is 8.31. The molecule has 0 amide bonds. The quantitative estimate of drug-likeness (QED) is 0.127. The minimum atomic E-state index is -2.28. The second-order valence-electron chi connectivity index (χ2n) is 13.5. The van der Waals surface area contributed by atoms with Crippen molar-refractivity contribution in [2.45, 2.75) is 96.8 Å². The molecule has 0 aromatic heterocycles. The monoisotopic (exact) mass is 581 g/mol. The molecule has 2 bridgehead atoms. The molecule has 0 saturated heterocycles. The number of Topliss-reactive ketones (excluding diaryl/α,β-unsaturated/α-hetero) is 1. The summed E-state index contributed by atoms with van der Waals surface area (Å²) in [6.07, 6.45) is 4.89. The lowest BCUT2D eigenvalue weighted by atomic mass is 9.70. The van der Waals surface area contributed by atoms with E-state index in [1.165, 1.54) is 0 Å². The smallest absolute Gasteiger partial charge is 0.314 e. The van der Waals surface area contributed by atoms with E-state index in [0.29, 0.717) is 23.1 Å². The summed E-state index contributed by atoms with van der Waals surface area (Å²) < 4.78 is 31.1. The van der Waals surface area contributed by atoms with Gasteiger partial charge in [-0.1, -0.05) is 32.9 Å². The third-order valence-corrected chi connectivity index (χ3v) is 18.4. The van der Waals surface area contributed by atoms with Crippen molar-refractivity contribution < 1.29 is 21.5 Å². The Hall–Kier alpha value is -0.729. The highest BCUT2D eigenvalue weighted by molar-refractivity contribution is 7.80. The number of carbonyl (C=O) groups excluding carboxylic acids is 1. The maximum Gasteiger partial charge on any atom is 0.314 e. The molecule has 2 fully saturated rings. The van der Waals surface area contributed by atoms with Crippen molar-refractivity contribution in [1.29, 1.82) is 0 Å². The Morgan fingerprint density at radius 3 is 2.05 bits per heavy atom. The number of hydrogen-bond donors (Lipinski definition) is 1. The van der Waals surface area contributed by atoms with Crippen LogP contribution >= 0.6 is 0 Å². The molecule has 2 aliphatic rings. The fraction of sp³-hybridized carbons (Fsp3) is 0.667. The van der Waals surface area contributed by atoms with Crippen LogP contribution in [-0.2, 0) is 28.4 Å². The third-order valence-electron chi connectivity index (χ3n) is 7.85. The number of nitrogens with one attached hydrogen (secondary N) is 1. The van der Waals surface area contributed by atoms with Crippen molar-refractivity contribution in [2.75, 3.05) is 6.54 Å². The van der Waals surface area contributed by atoms with Gasteiger partial charge in [-0.05, 0) is 112 Å². The number of fused-ring (bicyclic) bond motifs is 2. The zero-order chi connectivity index (χ0) is 27.9. The van der Waals surface area contributed by atoms with E-state index < -0.39 is 36.3 Å². The molecule has 1 N–H and O–H groups in total. The Balaban J connectivity index is 1.52. The van der Waals surface area contributed by atoms with Crippen LogP contribution in [-0.4, -0.2) is 41.7 Å². The van der Waals surface area contributed by atoms with Crippen molar-refractivity contribution >= 4 is 48.1 Å². The lowest BCUT2D eigenvalue weighted by Gasteiger charge is -2.38. The number of hydroxylamine groups is 1. The maximum atomic E-state index is 13.1. The van der Waals surface area contributed by atoms with Gasteiger partial charge in [0.25, 0.3) is 0 Å². The summed E-state index contributed by atoms with van der Waals surface area (Å²) in [5.74, 6) is 0.599. The second kappa shape index (κ2) is 11.0. The van der Waals surface area contributed by atoms with Crippen molar-refractivity contribution in [1.82, 2.24) is 5.48 Å². The summed E-state index contributed by atoms with van der Waals surface area (Å²) in [6.45, 7) is 22.5. The molecule has 0 heterocycles. The average molecular weight is 582 g/mol. The molecule has 1 aromatic rings. The Bertz CT molecular complexity index is 1030. The van der Waals surface area contributed by atoms with Gasteiger partial charge in [-0.2, -0.15) is 9.76 Å². The number of ketones is 1. The molecule has 3 rings (SSSR count). The Kier molecular flexibility index (Phi) is 9.19. The Morgan fingerprint density at radius 2 is 1.57 bits per heavy atom. The average Bonchev–Trinajstić information content (AvgIpc) is 3.04. The largest absolute Gasteiger partial charge is 0.437 e. The molecule has 6 nitrogen and oxygen atoms in total. The molecule has 3 unspecified atom stereocenters. The summed E-state index contributed by atoms with van der Waals surface area (Å²) in [7, 11) is -5.73. The minimum absolute atomic E-state index is 0.00158. The lowest BCUT2D eigenvalue weighted by Crippen LogP contribution is -2.52. The first-order valence-electron chi connectivity index (χ1n) is 13.5. The number of rotatable bonds is 12. The van der Waals surface area contributed by atoms with Gasteiger partial charge < -0.3 is 8.23 Å². The number of benzene rings is 1. The van der Waals surface area contributed by atoms with Gasteiger partial charge in [0.2, 0.25) is 11.1 Å². The molecule has 10 heteroatoms. The van der Waals surface area contributed by atoms with Gasteiger partial charge in [0.15, 0.2) is 22.4 Å². The van der Waals surface area contributed by atoms with Gasteiger partial charge in [0.1, 0.15) is 0 Å². The molecule has 2 saturated carbocycles. The van der Waals surface area contributed by atoms with E-state index in [1.807, 2.05) is 30.3 Å². The minimum Gasteiger partial charge on any atom is -0.437 e. The van der Waals surface area contributed by atoms with Gasteiger partial charge in [-0.15, -0.1) is 0 Å². The summed E-state index contributed by atoms with van der Waals surface area (Å²) in [5, 5.41) is 0. The van der Waals surface area contributed by atoms with E-state index in [0.717, 1.165) is 36.4 Å². The maximum absolute atomic E-state index is 13.1. The predicted octanol–water partition coefficient (Wildman–Crippen LogP) is 6.80. The Morgan fingerprint density at radius 1 is 1.00 bits per heavy atom. The van der Waals surface area contributed by atoms with Crippen LogP contribution in [0.3, 0.4) is 0 Å². The van der Waals surface area contributed by atoms with E-state index in [2.05, 4.69) is 72.1 Å². The molecule has 3 atom stereocenters. The highest BCUT2D eigenvalue weighted by Gasteiger charge is 2.63. The van der Waals surface area contributed by atoms with Crippen LogP contribution in [0.2, 0.25) is 51.9 Å². The molecule has 0 radical (unpaired) electrons. The fourth-order valence-corrected chi connectivity index (χ4v) is 19.2. The van der Waals surface area contributed by atoms with Crippen molar-refractivity contribution in [3.63, 3.8) is 0 Å². The van der Waals surface area contributed by atoms with Gasteiger partial charge in [0, 0.05) is 12.0 Å². The number of carbonyl (C=O) groups is 1. The van der Waals surface area contributed by atoms with Crippen LogP contribution in [0.4, 0.5) is 0 Å². The SMILES string of the molecule is CC12CCC(/C(=C\c3ccc(S(=O)ONCCC[Si](C)(O[Si](C)(C)C)O[Si](C)(C)C)cc3)C1=O)C2(C)C. The van der Waals surface area contributed by atoms with Crippen molar-refractivity contribution in [2.24, 2.45) is 16.7 Å². The van der Waals surface area contributed by atoms with Crippen LogP contribution < -0.4 is 5.48 Å². The van der Waals surface area contributed by atoms with Crippen LogP contribution in [0.1, 0.15) is 45.6 Å². The topological polar surface area (TPSA) is 73.9 Å².